The summed E-state index contributed by atoms with van der Waals surface area (Å²) in [6, 6.07) is 3.87. The predicted octanol–water partition coefficient (Wildman–Crippen LogP) is 5.23. The van der Waals surface area contributed by atoms with Gasteiger partial charge in [-0.25, -0.2) is 9.78 Å². The van der Waals surface area contributed by atoms with Gasteiger partial charge in [-0.2, -0.15) is 0 Å². The van der Waals surface area contributed by atoms with Crippen molar-refractivity contribution in [3.8, 4) is 0 Å². The third kappa shape index (κ3) is 3.58. The fourth-order valence-electron chi connectivity index (χ4n) is 3.82. The summed E-state index contributed by atoms with van der Waals surface area (Å²) in [6.45, 7) is 6.36. The molecule has 0 aliphatic heterocycles. The standard InChI is InChI=1S/C22H25N3O3S2/c1-10(2)14-8-7-13-17(23)18(30-20(13)24-14)19(26)25-21-16(22(27)28-4)12-6-5-11(3)9-15(12)29-21/h7-8,10-11H,5-6,9,23H2,1-4H3,(H,25,26). The highest BCUT2D eigenvalue weighted by Gasteiger charge is 2.29. The molecule has 3 aromatic rings. The van der Waals surface area contributed by atoms with E-state index in [1.807, 2.05) is 12.1 Å². The molecule has 0 saturated heterocycles. The summed E-state index contributed by atoms with van der Waals surface area (Å²) < 4.78 is 5.01. The zero-order valence-electron chi connectivity index (χ0n) is 17.5. The Bertz CT molecular complexity index is 1150. The minimum absolute atomic E-state index is 0.289. The summed E-state index contributed by atoms with van der Waals surface area (Å²) in [7, 11) is 1.37. The second-order valence-corrected chi connectivity index (χ2v) is 10.2. The third-order valence-corrected chi connectivity index (χ3v) is 7.83. The molecule has 1 aliphatic rings. The number of fused-ring (bicyclic) bond motifs is 2. The number of amides is 1. The number of hydrogen-bond acceptors (Lipinski definition) is 7. The number of thiophene rings is 2. The summed E-state index contributed by atoms with van der Waals surface area (Å²) >= 11 is 2.75. The van der Waals surface area contributed by atoms with E-state index in [-0.39, 0.29) is 11.8 Å². The first-order valence-electron chi connectivity index (χ1n) is 10.0. The molecule has 0 saturated carbocycles. The molecule has 1 atom stereocenters. The summed E-state index contributed by atoms with van der Waals surface area (Å²) in [5.74, 6) is 0.116. The van der Waals surface area contributed by atoms with Gasteiger partial charge in [-0.3, -0.25) is 4.79 Å². The maximum atomic E-state index is 13.1. The van der Waals surface area contributed by atoms with Crippen LogP contribution in [0.25, 0.3) is 10.2 Å². The van der Waals surface area contributed by atoms with E-state index < -0.39 is 5.97 Å². The van der Waals surface area contributed by atoms with Crippen LogP contribution in [0.5, 0.6) is 0 Å². The van der Waals surface area contributed by atoms with E-state index in [1.54, 1.807) is 0 Å². The molecule has 3 heterocycles. The van der Waals surface area contributed by atoms with Crippen LogP contribution in [-0.4, -0.2) is 24.0 Å². The largest absolute Gasteiger partial charge is 0.465 e. The van der Waals surface area contributed by atoms with Crippen molar-refractivity contribution in [2.45, 2.75) is 46.0 Å². The van der Waals surface area contributed by atoms with Crippen molar-refractivity contribution in [2.75, 3.05) is 18.2 Å². The molecule has 1 unspecified atom stereocenters. The number of carbonyl (C=O) groups is 2. The number of pyridine rings is 1. The molecule has 6 nitrogen and oxygen atoms in total. The Balaban J connectivity index is 1.70. The van der Waals surface area contributed by atoms with Gasteiger partial charge in [0, 0.05) is 16.0 Å². The molecule has 0 radical (unpaired) electrons. The van der Waals surface area contributed by atoms with Gasteiger partial charge in [0.1, 0.15) is 14.7 Å². The molecule has 3 aromatic heterocycles. The lowest BCUT2D eigenvalue weighted by Gasteiger charge is -2.18. The second kappa shape index (κ2) is 8.00. The maximum absolute atomic E-state index is 13.1. The maximum Gasteiger partial charge on any atom is 0.341 e. The SMILES string of the molecule is COC(=O)c1c(NC(=O)c2sc3nc(C(C)C)ccc3c2N)sc2c1CCC(C)C2. The van der Waals surface area contributed by atoms with Crippen molar-refractivity contribution in [3.05, 3.63) is 38.7 Å². The monoisotopic (exact) mass is 443 g/mol. The number of nitrogen functional groups attached to an aromatic ring is 1. The van der Waals surface area contributed by atoms with Gasteiger partial charge >= 0.3 is 5.97 Å². The number of ether oxygens (including phenoxy) is 1. The van der Waals surface area contributed by atoms with Gasteiger partial charge in [-0.1, -0.05) is 20.8 Å². The smallest absolute Gasteiger partial charge is 0.341 e. The highest BCUT2D eigenvalue weighted by Crippen LogP contribution is 2.41. The van der Waals surface area contributed by atoms with Crippen LogP contribution in [0.4, 0.5) is 10.7 Å². The first kappa shape index (κ1) is 20.8. The van der Waals surface area contributed by atoms with E-state index in [2.05, 4.69) is 31.1 Å². The number of methoxy groups -OCH3 is 1. The number of nitrogens with one attached hydrogen (secondary N) is 1. The van der Waals surface area contributed by atoms with Gasteiger partial charge < -0.3 is 15.8 Å². The van der Waals surface area contributed by atoms with Gasteiger partial charge in [0.25, 0.3) is 5.91 Å². The Morgan fingerprint density at radius 1 is 1.30 bits per heavy atom. The summed E-state index contributed by atoms with van der Waals surface area (Å²) in [4.78, 5) is 32.5. The van der Waals surface area contributed by atoms with E-state index in [0.29, 0.717) is 27.0 Å². The van der Waals surface area contributed by atoms with Crippen LogP contribution >= 0.6 is 22.7 Å². The summed E-state index contributed by atoms with van der Waals surface area (Å²) in [5, 5.41) is 4.25. The Labute approximate surface area is 183 Å². The molecule has 0 fully saturated rings. The van der Waals surface area contributed by atoms with Crippen molar-refractivity contribution in [1.29, 1.82) is 0 Å². The fourth-order valence-corrected chi connectivity index (χ4v) is 6.21. The Hall–Kier alpha value is -2.45. The lowest BCUT2D eigenvalue weighted by molar-refractivity contribution is 0.0601. The number of nitrogens with zero attached hydrogens (tertiary/aromatic N) is 1. The van der Waals surface area contributed by atoms with Gasteiger partial charge in [0.15, 0.2) is 0 Å². The average Bonchev–Trinajstić information content (AvgIpc) is 3.23. The fraction of sp³-hybridized carbons (Fsp3) is 0.409. The lowest BCUT2D eigenvalue weighted by Crippen LogP contribution is -2.16. The van der Waals surface area contributed by atoms with Crippen LogP contribution in [-0.2, 0) is 17.6 Å². The van der Waals surface area contributed by atoms with Crippen LogP contribution < -0.4 is 11.1 Å². The van der Waals surface area contributed by atoms with Crippen molar-refractivity contribution in [2.24, 2.45) is 5.92 Å². The molecule has 0 spiro atoms. The number of aromatic nitrogens is 1. The third-order valence-electron chi connectivity index (χ3n) is 5.54. The summed E-state index contributed by atoms with van der Waals surface area (Å²) in [5.41, 5.74) is 9.15. The van der Waals surface area contributed by atoms with Crippen LogP contribution in [0.3, 0.4) is 0 Å². The van der Waals surface area contributed by atoms with E-state index in [0.717, 1.165) is 45.6 Å². The molecule has 158 valence electrons. The first-order chi connectivity index (χ1) is 14.3. The van der Waals surface area contributed by atoms with Gasteiger partial charge in [0.2, 0.25) is 0 Å². The van der Waals surface area contributed by atoms with Crippen LogP contribution in [0, 0.1) is 5.92 Å². The Kier molecular flexibility index (Phi) is 5.55. The molecule has 4 rings (SSSR count). The number of nitrogens with two attached hydrogens (primary N) is 1. The van der Waals surface area contributed by atoms with E-state index in [4.69, 9.17) is 10.5 Å². The van der Waals surface area contributed by atoms with Gasteiger partial charge in [-0.05, 0) is 48.8 Å². The quantitative estimate of drug-likeness (QED) is 0.539. The molecule has 3 N–H and O–H groups in total. The van der Waals surface area contributed by atoms with E-state index in [9.17, 15) is 9.59 Å². The Morgan fingerprint density at radius 3 is 2.77 bits per heavy atom. The van der Waals surface area contributed by atoms with Crippen LogP contribution in [0.2, 0.25) is 0 Å². The molecular formula is C22H25N3O3S2. The van der Waals surface area contributed by atoms with Crippen LogP contribution in [0.15, 0.2) is 12.1 Å². The molecular weight excluding hydrogens is 418 g/mol. The molecule has 0 bridgehead atoms. The predicted molar refractivity (Wildman–Crippen MR) is 123 cm³/mol. The number of esters is 1. The van der Waals surface area contributed by atoms with Gasteiger partial charge in [-0.15, -0.1) is 22.7 Å². The lowest BCUT2D eigenvalue weighted by atomic mass is 9.88. The molecule has 1 aliphatic carbocycles. The highest BCUT2D eigenvalue weighted by atomic mass is 32.1. The van der Waals surface area contributed by atoms with Crippen molar-refractivity contribution >= 4 is 55.5 Å². The number of anilines is 2. The average molecular weight is 444 g/mol. The minimum atomic E-state index is -0.412. The highest BCUT2D eigenvalue weighted by molar-refractivity contribution is 7.21. The zero-order valence-corrected chi connectivity index (χ0v) is 19.1. The molecule has 8 heteroatoms. The normalized spacial score (nSPS) is 16.0. The second-order valence-electron chi connectivity index (χ2n) is 8.09. The Morgan fingerprint density at radius 2 is 2.07 bits per heavy atom. The van der Waals surface area contributed by atoms with Crippen molar-refractivity contribution < 1.29 is 14.3 Å². The number of rotatable bonds is 4. The van der Waals surface area contributed by atoms with Gasteiger partial charge in [0.05, 0.1) is 18.4 Å². The van der Waals surface area contributed by atoms with E-state index in [1.165, 1.54) is 29.8 Å². The topological polar surface area (TPSA) is 94.3 Å². The molecule has 1 amide bonds. The molecule has 30 heavy (non-hydrogen) atoms. The number of carbonyl (C=O) groups excluding carboxylic acids is 2. The number of hydrogen-bond donors (Lipinski definition) is 2. The van der Waals surface area contributed by atoms with Crippen LogP contribution in [0.1, 0.15) is 69.3 Å². The zero-order chi connectivity index (χ0) is 21.6. The van der Waals surface area contributed by atoms with E-state index >= 15 is 0 Å². The first-order valence-corrected chi connectivity index (χ1v) is 11.7. The minimum Gasteiger partial charge on any atom is -0.465 e. The van der Waals surface area contributed by atoms with Crippen molar-refractivity contribution in [3.63, 3.8) is 0 Å². The van der Waals surface area contributed by atoms with Crippen molar-refractivity contribution in [1.82, 2.24) is 4.98 Å². The summed E-state index contributed by atoms with van der Waals surface area (Å²) in [6.07, 6.45) is 2.75. The molecule has 0 aromatic carbocycles.